The molecule has 4 nitrogen and oxygen atoms in total. The average Bonchev–Trinajstić information content (AvgIpc) is 2.40. The Morgan fingerprint density at radius 3 is 2.39 bits per heavy atom. The highest BCUT2D eigenvalue weighted by Gasteiger charge is 2.16. The number of hydrogen-bond acceptors (Lipinski definition) is 3. The van der Waals surface area contributed by atoms with Gasteiger partial charge >= 0.3 is 0 Å². The normalized spacial score (nSPS) is 16.3. The third-order valence-electron chi connectivity index (χ3n) is 3.32. The molecule has 0 aliphatic carbocycles. The molecule has 4 heteroatoms. The molecule has 0 aromatic heterocycles. The van der Waals surface area contributed by atoms with E-state index in [0.717, 1.165) is 37.2 Å². The molecule has 98 valence electrons. The van der Waals surface area contributed by atoms with Crippen LogP contribution in [0.3, 0.4) is 0 Å². The van der Waals surface area contributed by atoms with Gasteiger partial charge in [0.2, 0.25) is 0 Å². The van der Waals surface area contributed by atoms with Crippen molar-refractivity contribution in [1.82, 2.24) is 10.6 Å². The second-order valence-corrected chi connectivity index (χ2v) is 4.94. The molecule has 1 aliphatic heterocycles. The van der Waals surface area contributed by atoms with Gasteiger partial charge in [0.25, 0.3) is 5.91 Å². The van der Waals surface area contributed by atoms with Gasteiger partial charge in [0.15, 0.2) is 0 Å². The number of hydrogen-bond donors (Lipinski definition) is 2. The van der Waals surface area contributed by atoms with Crippen molar-refractivity contribution in [2.24, 2.45) is 0 Å². The van der Waals surface area contributed by atoms with Gasteiger partial charge in [-0.05, 0) is 50.2 Å². The van der Waals surface area contributed by atoms with E-state index in [2.05, 4.69) is 10.6 Å². The van der Waals surface area contributed by atoms with Gasteiger partial charge in [-0.3, -0.25) is 4.79 Å². The summed E-state index contributed by atoms with van der Waals surface area (Å²) in [7, 11) is 3.98. The van der Waals surface area contributed by atoms with Crippen molar-refractivity contribution in [3.05, 3.63) is 29.8 Å². The Hall–Kier alpha value is -1.55. The number of carbonyl (C=O) groups is 1. The Morgan fingerprint density at radius 1 is 1.22 bits per heavy atom. The minimum absolute atomic E-state index is 0.0345. The predicted octanol–water partition coefficient (Wildman–Crippen LogP) is 1.23. The number of carbonyl (C=O) groups excluding carboxylic acids is 1. The Morgan fingerprint density at radius 2 is 1.83 bits per heavy atom. The number of anilines is 1. The summed E-state index contributed by atoms with van der Waals surface area (Å²) in [4.78, 5) is 14.1. The highest BCUT2D eigenvalue weighted by molar-refractivity contribution is 5.94. The van der Waals surface area contributed by atoms with Crippen LogP contribution in [0.4, 0.5) is 5.69 Å². The van der Waals surface area contributed by atoms with Crippen LogP contribution in [0.1, 0.15) is 23.2 Å². The van der Waals surface area contributed by atoms with Crippen LogP contribution in [0.2, 0.25) is 0 Å². The molecule has 0 unspecified atom stereocenters. The molecule has 18 heavy (non-hydrogen) atoms. The number of benzene rings is 1. The quantitative estimate of drug-likeness (QED) is 0.844. The molecule has 2 N–H and O–H groups in total. The van der Waals surface area contributed by atoms with E-state index in [1.165, 1.54) is 0 Å². The van der Waals surface area contributed by atoms with E-state index < -0.39 is 0 Å². The zero-order chi connectivity index (χ0) is 13.0. The number of nitrogens with zero attached hydrogens (tertiary/aromatic N) is 1. The topological polar surface area (TPSA) is 44.4 Å². The predicted molar refractivity (Wildman–Crippen MR) is 74.1 cm³/mol. The Kier molecular flexibility index (Phi) is 4.20. The molecular weight excluding hydrogens is 226 g/mol. The van der Waals surface area contributed by atoms with Crippen LogP contribution in [0, 0.1) is 0 Å². The lowest BCUT2D eigenvalue weighted by atomic mass is 10.1. The molecule has 0 radical (unpaired) electrons. The highest BCUT2D eigenvalue weighted by atomic mass is 16.1. The minimum atomic E-state index is 0.0345. The van der Waals surface area contributed by atoms with E-state index in [4.69, 9.17) is 0 Å². The summed E-state index contributed by atoms with van der Waals surface area (Å²) in [6.07, 6.45) is 2.03. The summed E-state index contributed by atoms with van der Waals surface area (Å²) in [5.74, 6) is 0.0345. The van der Waals surface area contributed by atoms with Gasteiger partial charge in [0, 0.05) is 31.4 Å². The lowest BCUT2D eigenvalue weighted by Crippen LogP contribution is -2.42. The molecule has 0 atom stereocenters. The van der Waals surface area contributed by atoms with Crippen LogP contribution in [0.5, 0.6) is 0 Å². The number of amides is 1. The van der Waals surface area contributed by atoms with E-state index in [9.17, 15) is 4.79 Å². The average molecular weight is 247 g/mol. The molecule has 0 spiro atoms. The first-order chi connectivity index (χ1) is 8.66. The van der Waals surface area contributed by atoms with Gasteiger partial charge in [0.05, 0.1) is 0 Å². The van der Waals surface area contributed by atoms with Gasteiger partial charge in [-0.2, -0.15) is 0 Å². The third-order valence-corrected chi connectivity index (χ3v) is 3.32. The van der Waals surface area contributed by atoms with Crippen LogP contribution in [0.25, 0.3) is 0 Å². The maximum Gasteiger partial charge on any atom is 0.251 e. The van der Waals surface area contributed by atoms with Crippen molar-refractivity contribution < 1.29 is 4.79 Å². The maximum absolute atomic E-state index is 12.0. The van der Waals surface area contributed by atoms with Crippen molar-refractivity contribution in [3.63, 3.8) is 0 Å². The summed E-state index contributed by atoms with van der Waals surface area (Å²) >= 11 is 0. The van der Waals surface area contributed by atoms with Crippen molar-refractivity contribution in [1.29, 1.82) is 0 Å². The largest absolute Gasteiger partial charge is 0.378 e. The van der Waals surface area contributed by atoms with Crippen LogP contribution in [-0.2, 0) is 0 Å². The zero-order valence-electron chi connectivity index (χ0n) is 11.1. The number of rotatable bonds is 3. The zero-order valence-corrected chi connectivity index (χ0v) is 11.1. The summed E-state index contributed by atoms with van der Waals surface area (Å²) in [5.41, 5.74) is 1.84. The minimum Gasteiger partial charge on any atom is -0.378 e. The Balaban J connectivity index is 1.95. The molecule has 1 heterocycles. The molecular formula is C14H21N3O. The molecule has 1 aliphatic rings. The summed E-state index contributed by atoms with van der Waals surface area (Å²) in [5, 5.41) is 6.38. The van der Waals surface area contributed by atoms with E-state index in [1.807, 2.05) is 43.3 Å². The van der Waals surface area contributed by atoms with E-state index in [1.54, 1.807) is 0 Å². The molecule has 2 rings (SSSR count). The first kappa shape index (κ1) is 12.9. The SMILES string of the molecule is CN(C)c1ccc(C(=O)NC2CCNCC2)cc1. The summed E-state index contributed by atoms with van der Waals surface area (Å²) in [6, 6.07) is 8.01. The molecule has 0 saturated carbocycles. The number of piperidine rings is 1. The highest BCUT2D eigenvalue weighted by Crippen LogP contribution is 2.12. The van der Waals surface area contributed by atoms with Gasteiger partial charge in [-0.15, -0.1) is 0 Å². The molecule has 1 fully saturated rings. The third kappa shape index (κ3) is 3.23. The fourth-order valence-electron chi connectivity index (χ4n) is 2.15. The molecule has 0 bridgehead atoms. The second kappa shape index (κ2) is 5.87. The lowest BCUT2D eigenvalue weighted by molar-refractivity contribution is 0.0929. The van der Waals surface area contributed by atoms with E-state index in [0.29, 0.717) is 6.04 Å². The smallest absolute Gasteiger partial charge is 0.251 e. The van der Waals surface area contributed by atoms with Crippen LogP contribution in [-0.4, -0.2) is 39.1 Å². The summed E-state index contributed by atoms with van der Waals surface area (Å²) in [6.45, 7) is 1.98. The lowest BCUT2D eigenvalue weighted by Gasteiger charge is -2.23. The van der Waals surface area contributed by atoms with Crippen molar-refractivity contribution >= 4 is 11.6 Å². The van der Waals surface area contributed by atoms with Gasteiger partial charge in [-0.1, -0.05) is 0 Å². The molecule has 1 aromatic rings. The summed E-state index contributed by atoms with van der Waals surface area (Å²) < 4.78 is 0. The maximum atomic E-state index is 12.0. The first-order valence-electron chi connectivity index (χ1n) is 6.46. The van der Waals surface area contributed by atoms with E-state index >= 15 is 0 Å². The molecule has 1 aromatic carbocycles. The van der Waals surface area contributed by atoms with Gasteiger partial charge < -0.3 is 15.5 Å². The van der Waals surface area contributed by atoms with Crippen molar-refractivity contribution in [2.75, 3.05) is 32.1 Å². The Labute approximate surface area is 108 Å². The van der Waals surface area contributed by atoms with Gasteiger partial charge in [-0.25, -0.2) is 0 Å². The standard InChI is InChI=1S/C14H21N3O/c1-17(2)13-5-3-11(4-6-13)14(18)16-12-7-9-15-10-8-12/h3-6,12,15H,7-10H2,1-2H3,(H,16,18). The molecule has 1 amide bonds. The van der Waals surface area contributed by atoms with E-state index in [-0.39, 0.29) is 5.91 Å². The van der Waals surface area contributed by atoms with Crippen LogP contribution in [0.15, 0.2) is 24.3 Å². The second-order valence-electron chi connectivity index (χ2n) is 4.94. The fraction of sp³-hybridized carbons (Fsp3) is 0.500. The fourth-order valence-corrected chi connectivity index (χ4v) is 2.15. The van der Waals surface area contributed by atoms with Crippen molar-refractivity contribution in [2.45, 2.75) is 18.9 Å². The first-order valence-corrected chi connectivity index (χ1v) is 6.46. The monoisotopic (exact) mass is 247 g/mol. The van der Waals surface area contributed by atoms with Gasteiger partial charge in [0.1, 0.15) is 0 Å². The van der Waals surface area contributed by atoms with Crippen LogP contribution >= 0.6 is 0 Å². The molecule has 1 saturated heterocycles. The Bertz CT molecular complexity index is 394. The van der Waals surface area contributed by atoms with Crippen LogP contribution < -0.4 is 15.5 Å². The number of nitrogens with one attached hydrogen (secondary N) is 2. The van der Waals surface area contributed by atoms with Crippen molar-refractivity contribution in [3.8, 4) is 0 Å².